The molecule has 0 saturated heterocycles. The molecule has 0 N–H and O–H groups in total. The van der Waals surface area contributed by atoms with E-state index in [2.05, 4.69) is 135 Å². The van der Waals surface area contributed by atoms with Gasteiger partial charge in [0.2, 0.25) is 0 Å². The highest BCUT2D eigenvalue weighted by molar-refractivity contribution is 6.09. The predicted octanol–water partition coefficient (Wildman–Crippen LogP) is 11.0. The van der Waals surface area contributed by atoms with Crippen LogP contribution in [-0.4, -0.2) is 19.3 Å². The summed E-state index contributed by atoms with van der Waals surface area (Å²) in [5.74, 6) is 2.50. The van der Waals surface area contributed by atoms with E-state index in [-0.39, 0.29) is 0 Å². The second-order valence-electron chi connectivity index (χ2n) is 12.7. The van der Waals surface area contributed by atoms with Crippen molar-refractivity contribution in [2.75, 3.05) is 0 Å². The molecular formula is C42H42N4O. The quantitative estimate of drug-likeness (QED) is 0.153. The van der Waals surface area contributed by atoms with E-state index in [9.17, 15) is 0 Å². The number of aromatic nitrogens is 4. The highest BCUT2D eigenvalue weighted by atomic mass is 16.5. The van der Waals surface area contributed by atoms with Gasteiger partial charge in [-0.2, -0.15) is 5.10 Å². The monoisotopic (exact) mass is 618 g/mol. The molecule has 7 aromatic rings. The lowest BCUT2D eigenvalue weighted by molar-refractivity contribution is 0.482. The van der Waals surface area contributed by atoms with Gasteiger partial charge in [-0.1, -0.05) is 63.1 Å². The highest BCUT2D eigenvalue weighted by Gasteiger charge is 2.18. The van der Waals surface area contributed by atoms with Gasteiger partial charge in [-0.15, -0.1) is 0 Å². The zero-order chi connectivity index (χ0) is 32.5. The van der Waals surface area contributed by atoms with Crippen molar-refractivity contribution in [3.05, 3.63) is 131 Å². The van der Waals surface area contributed by atoms with E-state index in [4.69, 9.17) is 14.8 Å². The Morgan fingerprint density at radius 1 is 0.681 bits per heavy atom. The van der Waals surface area contributed by atoms with Crippen LogP contribution in [0.25, 0.3) is 44.4 Å². The molecule has 3 heterocycles. The molecule has 0 unspecified atom stereocenters. The summed E-state index contributed by atoms with van der Waals surface area (Å²) >= 11 is 0. The molecular weight excluding hydrogens is 576 g/mol. The van der Waals surface area contributed by atoms with Crippen molar-refractivity contribution in [3.63, 3.8) is 0 Å². The maximum absolute atomic E-state index is 6.71. The number of unbranched alkanes of at least 4 members (excludes halogenated alkanes) is 1. The molecule has 0 spiro atoms. The van der Waals surface area contributed by atoms with Crippen LogP contribution in [0.3, 0.4) is 0 Å². The maximum atomic E-state index is 6.71. The summed E-state index contributed by atoms with van der Waals surface area (Å²) in [6.45, 7) is 10.8. The first-order valence-electron chi connectivity index (χ1n) is 16.9. The average molecular weight is 619 g/mol. The van der Waals surface area contributed by atoms with E-state index in [1.807, 2.05) is 12.3 Å². The Kier molecular flexibility index (Phi) is 8.38. The van der Waals surface area contributed by atoms with Crippen molar-refractivity contribution < 1.29 is 4.74 Å². The van der Waals surface area contributed by atoms with Crippen LogP contribution in [0.2, 0.25) is 0 Å². The van der Waals surface area contributed by atoms with Gasteiger partial charge >= 0.3 is 0 Å². The molecule has 236 valence electrons. The number of rotatable bonds is 10. The van der Waals surface area contributed by atoms with Gasteiger partial charge in [0.25, 0.3) is 0 Å². The summed E-state index contributed by atoms with van der Waals surface area (Å²) < 4.78 is 11.0. The van der Waals surface area contributed by atoms with Gasteiger partial charge in [-0.3, -0.25) is 4.57 Å². The lowest BCUT2D eigenvalue weighted by atomic mass is 10.0. The van der Waals surface area contributed by atoms with Crippen LogP contribution in [0.4, 0.5) is 0 Å². The Labute approximate surface area is 277 Å². The van der Waals surface area contributed by atoms with E-state index < -0.39 is 0 Å². The fraction of sp³-hybridized carbons (Fsp3) is 0.238. The molecule has 0 radical (unpaired) electrons. The van der Waals surface area contributed by atoms with Gasteiger partial charge in [0.15, 0.2) is 0 Å². The SMILES string of the molecule is CCCCc1ccc2c(c1)c1ccc(Oc3cc(CCC)cc(-n4nc(C)c(-c5ccccc5)c4C)c3)cc1n2-c1cc(C)ccn1. The standard InChI is InChI=1S/C42H42N4O/c1-6-8-13-31-16-19-39-38(25-31)37-18-17-35(27-40(37)45(39)41-22-28(3)20-21-43-41)47-36-24-32(12-7-2)23-34(26-36)46-30(5)42(29(4)44-46)33-14-10-9-11-15-33/h9-11,14-27H,6-8,12-13H2,1-5H3. The molecule has 5 nitrogen and oxygen atoms in total. The molecule has 0 fully saturated rings. The first-order valence-corrected chi connectivity index (χ1v) is 16.9. The zero-order valence-electron chi connectivity index (χ0n) is 28.0. The van der Waals surface area contributed by atoms with Crippen LogP contribution < -0.4 is 4.74 Å². The summed E-state index contributed by atoms with van der Waals surface area (Å²) in [6.07, 6.45) is 7.35. The summed E-state index contributed by atoms with van der Waals surface area (Å²) in [5.41, 5.74) is 11.5. The topological polar surface area (TPSA) is 44.9 Å². The van der Waals surface area contributed by atoms with Crippen LogP contribution in [0.1, 0.15) is 61.2 Å². The number of hydrogen-bond acceptors (Lipinski definition) is 3. The molecule has 47 heavy (non-hydrogen) atoms. The minimum atomic E-state index is 0.790. The second kappa shape index (κ2) is 12.9. The highest BCUT2D eigenvalue weighted by Crippen LogP contribution is 2.37. The fourth-order valence-corrected chi connectivity index (χ4v) is 6.85. The van der Waals surface area contributed by atoms with Crippen LogP contribution in [0.15, 0.2) is 103 Å². The van der Waals surface area contributed by atoms with Crippen molar-refractivity contribution in [2.45, 2.75) is 66.7 Å². The third-order valence-electron chi connectivity index (χ3n) is 9.08. The Balaban J connectivity index is 1.33. The molecule has 4 aromatic carbocycles. The molecule has 0 aliphatic rings. The number of nitrogens with zero attached hydrogens (tertiary/aromatic N) is 4. The summed E-state index contributed by atoms with van der Waals surface area (Å²) in [4.78, 5) is 4.80. The van der Waals surface area contributed by atoms with Gasteiger partial charge < -0.3 is 4.74 Å². The molecule has 0 amide bonds. The second-order valence-corrected chi connectivity index (χ2v) is 12.7. The lowest BCUT2D eigenvalue weighted by Crippen LogP contribution is -2.01. The maximum Gasteiger partial charge on any atom is 0.137 e. The Bertz CT molecular complexity index is 2210. The van der Waals surface area contributed by atoms with E-state index in [0.717, 1.165) is 64.7 Å². The van der Waals surface area contributed by atoms with Gasteiger partial charge in [0.1, 0.15) is 17.3 Å². The minimum absolute atomic E-state index is 0.790. The first-order chi connectivity index (χ1) is 22.9. The molecule has 7 rings (SSSR count). The summed E-state index contributed by atoms with van der Waals surface area (Å²) in [5, 5.41) is 7.44. The lowest BCUT2D eigenvalue weighted by Gasteiger charge is -2.13. The van der Waals surface area contributed by atoms with E-state index in [1.54, 1.807) is 0 Å². The van der Waals surface area contributed by atoms with Crippen LogP contribution in [0, 0.1) is 20.8 Å². The third kappa shape index (κ3) is 5.94. The predicted molar refractivity (Wildman–Crippen MR) is 194 cm³/mol. The van der Waals surface area contributed by atoms with Gasteiger partial charge in [-0.25, -0.2) is 9.67 Å². The van der Waals surface area contributed by atoms with Gasteiger partial charge in [0.05, 0.1) is 22.4 Å². The van der Waals surface area contributed by atoms with Crippen molar-refractivity contribution in [1.82, 2.24) is 19.3 Å². The number of hydrogen-bond donors (Lipinski definition) is 0. The Hall–Kier alpha value is -5.16. The molecule has 3 aromatic heterocycles. The van der Waals surface area contributed by atoms with Crippen molar-refractivity contribution >= 4 is 21.8 Å². The van der Waals surface area contributed by atoms with E-state index in [0.29, 0.717) is 0 Å². The summed E-state index contributed by atoms with van der Waals surface area (Å²) in [6, 6.07) is 34.6. The molecule has 0 saturated carbocycles. The van der Waals surface area contributed by atoms with Crippen LogP contribution in [-0.2, 0) is 12.8 Å². The minimum Gasteiger partial charge on any atom is -0.457 e. The van der Waals surface area contributed by atoms with Crippen LogP contribution >= 0.6 is 0 Å². The number of fused-ring (bicyclic) bond motifs is 3. The van der Waals surface area contributed by atoms with Gasteiger partial charge in [0, 0.05) is 40.4 Å². The average Bonchev–Trinajstić information content (AvgIpc) is 3.56. The largest absolute Gasteiger partial charge is 0.457 e. The van der Waals surface area contributed by atoms with Crippen molar-refractivity contribution in [1.29, 1.82) is 0 Å². The number of aryl methyl sites for hydroxylation is 4. The summed E-state index contributed by atoms with van der Waals surface area (Å²) in [7, 11) is 0. The molecule has 0 aliphatic carbocycles. The normalized spacial score (nSPS) is 11.5. The van der Waals surface area contributed by atoms with Gasteiger partial charge in [-0.05, 0) is 111 Å². The molecule has 0 aliphatic heterocycles. The Morgan fingerprint density at radius 2 is 1.53 bits per heavy atom. The number of pyridine rings is 1. The number of ether oxygens (including phenoxy) is 1. The molecule has 5 heteroatoms. The Morgan fingerprint density at radius 3 is 2.32 bits per heavy atom. The fourth-order valence-electron chi connectivity index (χ4n) is 6.85. The van der Waals surface area contributed by atoms with Crippen LogP contribution in [0.5, 0.6) is 11.5 Å². The van der Waals surface area contributed by atoms with Crippen molar-refractivity contribution in [3.8, 4) is 34.1 Å². The first kappa shape index (κ1) is 30.5. The van der Waals surface area contributed by atoms with E-state index in [1.165, 1.54) is 51.4 Å². The van der Waals surface area contributed by atoms with Crippen molar-refractivity contribution in [2.24, 2.45) is 0 Å². The zero-order valence-corrected chi connectivity index (χ0v) is 28.0. The molecule has 0 atom stereocenters. The molecule has 0 bridgehead atoms. The third-order valence-corrected chi connectivity index (χ3v) is 9.08. The van der Waals surface area contributed by atoms with E-state index >= 15 is 0 Å². The smallest absolute Gasteiger partial charge is 0.137 e. The number of benzene rings is 4.